The Bertz CT molecular complexity index is 776. The van der Waals surface area contributed by atoms with Gasteiger partial charge in [0, 0.05) is 11.7 Å². The minimum atomic E-state index is -0.235. The molecule has 0 saturated carbocycles. The zero-order valence-electron chi connectivity index (χ0n) is 15.8. The van der Waals surface area contributed by atoms with E-state index in [1.54, 1.807) is 18.2 Å². The molecule has 1 aliphatic rings. The summed E-state index contributed by atoms with van der Waals surface area (Å²) in [6, 6.07) is 16.9. The summed E-state index contributed by atoms with van der Waals surface area (Å²) in [7, 11) is 0. The molecule has 2 aromatic rings. The van der Waals surface area contributed by atoms with Crippen LogP contribution in [-0.2, 0) is 4.79 Å². The van der Waals surface area contributed by atoms with Crippen molar-refractivity contribution in [3.8, 4) is 0 Å². The third-order valence-electron chi connectivity index (χ3n) is 5.04. The largest absolute Gasteiger partial charge is 0.324 e. The highest BCUT2D eigenvalue weighted by Gasteiger charge is 2.23. The van der Waals surface area contributed by atoms with Crippen LogP contribution in [0.15, 0.2) is 54.6 Å². The van der Waals surface area contributed by atoms with Gasteiger partial charge in [-0.05, 0) is 50.1 Å². The number of likely N-dealkylation sites (tertiary alicyclic amines) is 1. The van der Waals surface area contributed by atoms with Crippen molar-refractivity contribution in [1.29, 1.82) is 0 Å². The summed E-state index contributed by atoms with van der Waals surface area (Å²) in [4.78, 5) is 27.5. The second-order valence-corrected chi connectivity index (χ2v) is 6.94. The molecule has 0 aliphatic carbocycles. The summed E-state index contributed by atoms with van der Waals surface area (Å²) >= 11 is 0. The van der Waals surface area contributed by atoms with Crippen molar-refractivity contribution in [2.45, 2.75) is 38.6 Å². The maximum absolute atomic E-state index is 12.6. The molecule has 27 heavy (non-hydrogen) atoms. The molecule has 0 spiro atoms. The van der Waals surface area contributed by atoms with Gasteiger partial charge in [-0.25, -0.2) is 0 Å². The van der Waals surface area contributed by atoms with Gasteiger partial charge >= 0.3 is 0 Å². The number of piperidine rings is 1. The first kappa shape index (κ1) is 19.1. The zero-order chi connectivity index (χ0) is 19.1. The Morgan fingerprint density at radius 3 is 2.52 bits per heavy atom. The first-order chi connectivity index (χ1) is 13.2. The van der Waals surface area contributed by atoms with Crippen LogP contribution in [0.4, 0.5) is 11.4 Å². The van der Waals surface area contributed by atoms with Crippen LogP contribution in [0.5, 0.6) is 0 Å². The van der Waals surface area contributed by atoms with Gasteiger partial charge in [-0.15, -0.1) is 0 Å². The monoisotopic (exact) mass is 365 g/mol. The minimum Gasteiger partial charge on any atom is -0.324 e. The summed E-state index contributed by atoms with van der Waals surface area (Å²) < 4.78 is 0. The molecule has 2 amide bonds. The Hall–Kier alpha value is -2.66. The van der Waals surface area contributed by atoms with Gasteiger partial charge in [0.05, 0.1) is 17.8 Å². The van der Waals surface area contributed by atoms with Crippen molar-refractivity contribution in [2.24, 2.45) is 0 Å². The van der Waals surface area contributed by atoms with E-state index in [0.717, 1.165) is 31.5 Å². The molecule has 1 aliphatic heterocycles. The van der Waals surface area contributed by atoms with Gasteiger partial charge in [-0.2, -0.15) is 0 Å². The Morgan fingerprint density at radius 2 is 1.74 bits per heavy atom. The Balaban J connectivity index is 1.66. The maximum Gasteiger partial charge on any atom is 0.257 e. The predicted octanol–water partition coefficient (Wildman–Crippen LogP) is 4.14. The summed E-state index contributed by atoms with van der Waals surface area (Å²) in [6.45, 7) is 3.50. The number of rotatable bonds is 6. The highest BCUT2D eigenvalue weighted by molar-refractivity contribution is 6.10. The normalized spacial score (nSPS) is 17.3. The number of nitrogens with one attached hydrogen (secondary N) is 2. The molecule has 1 atom stereocenters. The SMILES string of the molecule is CCC1CCCCN1CC(=O)Nc1ccccc1C(=O)Nc1ccccc1. The van der Waals surface area contributed by atoms with Crippen LogP contribution in [0.25, 0.3) is 0 Å². The van der Waals surface area contributed by atoms with Gasteiger partial charge in [0.25, 0.3) is 5.91 Å². The summed E-state index contributed by atoms with van der Waals surface area (Å²) in [6.07, 6.45) is 4.59. The fraction of sp³-hybridized carbons (Fsp3) is 0.364. The number of anilines is 2. The molecule has 0 aromatic heterocycles. The zero-order valence-corrected chi connectivity index (χ0v) is 15.8. The van der Waals surface area contributed by atoms with Gasteiger partial charge in [-0.3, -0.25) is 14.5 Å². The van der Waals surface area contributed by atoms with Crippen molar-refractivity contribution < 1.29 is 9.59 Å². The fourth-order valence-corrected chi connectivity index (χ4v) is 3.61. The lowest BCUT2D eigenvalue weighted by Crippen LogP contribution is -2.43. The predicted molar refractivity (Wildman–Crippen MR) is 109 cm³/mol. The number of para-hydroxylation sites is 2. The van der Waals surface area contributed by atoms with E-state index in [1.807, 2.05) is 36.4 Å². The van der Waals surface area contributed by atoms with E-state index >= 15 is 0 Å². The van der Waals surface area contributed by atoms with Crippen LogP contribution in [0, 0.1) is 0 Å². The van der Waals surface area contributed by atoms with Crippen LogP contribution < -0.4 is 10.6 Å². The van der Waals surface area contributed by atoms with Crippen LogP contribution in [0.2, 0.25) is 0 Å². The molecular formula is C22H27N3O2. The average molecular weight is 365 g/mol. The lowest BCUT2D eigenvalue weighted by Gasteiger charge is -2.34. The van der Waals surface area contributed by atoms with Gasteiger partial charge in [0.2, 0.25) is 5.91 Å². The molecule has 1 heterocycles. The third-order valence-corrected chi connectivity index (χ3v) is 5.04. The third kappa shape index (κ3) is 5.17. The number of hydrogen-bond acceptors (Lipinski definition) is 3. The molecule has 1 saturated heterocycles. The second kappa shape index (κ2) is 9.33. The minimum absolute atomic E-state index is 0.0738. The molecule has 0 radical (unpaired) electrons. The Labute approximate surface area is 160 Å². The van der Waals surface area contributed by atoms with E-state index in [-0.39, 0.29) is 11.8 Å². The van der Waals surface area contributed by atoms with Crippen LogP contribution in [-0.4, -0.2) is 35.8 Å². The van der Waals surface area contributed by atoms with Crippen molar-refractivity contribution in [2.75, 3.05) is 23.7 Å². The molecule has 1 unspecified atom stereocenters. The Morgan fingerprint density at radius 1 is 1.00 bits per heavy atom. The van der Waals surface area contributed by atoms with Crippen molar-refractivity contribution in [1.82, 2.24) is 4.90 Å². The van der Waals surface area contributed by atoms with Gasteiger partial charge in [-0.1, -0.05) is 43.7 Å². The van der Waals surface area contributed by atoms with Crippen molar-refractivity contribution >= 4 is 23.2 Å². The smallest absolute Gasteiger partial charge is 0.257 e. The van der Waals surface area contributed by atoms with Gasteiger partial charge in [0.1, 0.15) is 0 Å². The first-order valence-corrected chi connectivity index (χ1v) is 9.66. The lowest BCUT2D eigenvalue weighted by molar-refractivity contribution is -0.118. The van der Waals surface area contributed by atoms with E-state index in [9.17, 15) is 9.59 Å². The molecule has 2 aromatic carbocycles. The van der Waals surface area contributed by atoms with Crippen LogP contribution in [0.3, 0.4) is 0 Å². The summed E-state index contributed by atoms with van der Waals surface area (Å²) in [5.74, 6) is -0.309. The number of amides is 2. The highest BCUT2D eigenvalue weighted by Crippen LogP contribution is 2.20. The topological polar surface area (TPSA) is 61.4 Å². The molecule has 3 rings (SSSR count). The summed E-state index contributed by atoms with van der Waals surface area (Å²) in [5.41, 5.74) is 1.73. The van der Waals surface area contributed by atoms with Crippen LogP contribution in [0.1, 0.15) is 43.0 Å². The van der Waals surface area contributed by atoms with E-state index in [1.165, 1.54) is 6.42 Å². The maximum atomic E-state index is 12.6. The second-order valence-electron chi connectivity index (χ2n) is 6.94. The van der Waals surface area contributed by atoms with Gasteiger partial charge in [0.15, 0.2) is 0 Å². The molecule has 142 valence electrons. The Kier molecular flexibility index (Phi) is 6.60. The van der Waals surface area contributed by atoms with E-state index in [4.69, 9.17) is 0 Å². The molecule has 5 heteroatoms. The number of benzene rings is 2. The standard InChI is InChI=1S/C22H27N3O2/c1-2-18-12-8-9-15-25(18)16-21(26)24-20-14-7-6-13-19(20)22(27)23-17-10-4-3-5-11-17/h3-7,10-11,13-14,18H,2,8-9,12,15-16H2,1H3,(H,23,27)(H,24,26). The van der Waals surface area contributed by atoms with E-state index < -0.39 is 0 Å². The molecular weight excluding hydrogens is 338 g/mol. The number of hydrogen-bond donors (Lipinski definition) is 2. The summed E-state index contributed by atoms with van der Waals surface area (Å²) in [5, 5.41) is 5.80. The molecule has 5 nitrogen and oxygen atoms in total. The molecule has 1 fully saturated rings. The quantitative estimate of drug-likeness (QED) is 0.809. The number of nitrogens with zero attached hydrogens (tertiary/aromatic N) is 1. The van der Waals surface area contributed by atoms with Crippen molar-refractivity contribution in [3.63, 3.8) is 0 Å². The fourth-order valence-electron chi connectivity index (χ4n) is 3.61. The van der Waals surface area contributed by atoms with Crippen LogP contribution >= 0.6 is 0 Å². The van der Waals surface area contributed by atoms with Crippen molar-refractivity contribution in [3.05, 3.63) is 60.2 Å². The molecule has 0 bridgehead atoms. The van der Waals surface area contributed by atoms with Gasteiger partial charge < -0.3 is 10.6 Å². The average Bonchev–Trinajstić information content (AvgIpc) is 2.69. The number of carbonyl (C=O) groups excluding carboxylic acids is 2. The first-order valence-electron chi connectivity index (χ1n) is 9.66. The van der Waals surface area contributed by atoms with E-state index in [0.29, 0.717) is 23.8 Å². The van der Waals surface area contributed by atoms with E-state index in [2.05, 4.69) is 22.5 Å². The lowest BCUT2D eigenvalue weighted by atomic mass is 10.00. The molecule has 2 N–H and O–H groups in total. The highest BCUT2D eigenvalue weighted by atomic mass is 16.2. The number of carbonyl (C=O) groups is 2.